The summed E-state index contributed by atoms with van der Waals surface area (Å²) >= 11 is 0. The van der Waals surface area contributed by atoms with Crippen molar-refractivity contribution in [2.24, 2.45) is 0 Å². The van der Waals surface area contributed by atoms with Gasteiger partial charge in [-0.1, -0.05) is 6.07 Å². The molecular weight excluding hydrogens is 179 g/mol. The minimum absolute atomic E-state index is 0.225. The summed E-state index contributed by atoms with van der Waals surface area (Å²) in [5, 5.41) is 0. The van der Waals surface area contributed by atoms with Crippen LogP contribution in [0.25, 0.3) is 0 Å². The van der Waals surface area contributed by atoms with Crippen molar-refractivity contribution in [1.29, 1.82) is 0 Å². The number of nitrogen functional groups attached to an aromatic ring is 1. The second-order valence-corrected chi connectivity index (χ2v) is 4.00. The molecular formula is C11H15FN2. The third kappa shape index (κ3) is 2.04. The average Bonchev–Trinajstić information content (AvgIpc) is 2.94. The highest BCUT2D eigenvalue weighted by atomic mass is 19.1. The van der Waals surface area contributed by atoms with E-state index in [0.717, 1.165) is 12.1 Å². The monoisotopic (exact) mass is 194 g/mol. The van der Waals surface area contributed by atoms with Gasteiger partial charge in [0, 0.05) is 12.6 Å². The van der Waals surface area contributed by atoms with Crippen LogP contribution in [0.5, 0.6) is 0 Å². The van der Waals surface area contributed by atoms with Crippen molar-refractivity contribution in [2.45, 2.75) is 25.4 Å². The standard InChI is InChI=1S/C11H15FN2/c1-14(9-3-4-9)7-8-2-5-11(13)10(12)6-8/h2,5-6,9H,3-4,7,13H2,1H3. The van der Waals surface area contributed by atoms with E-state index in [2.05, 4.69) is 11.9 Å². The highest BCUT2D eigenvalue weighted by Gasteiger charge is 2.25. The van der Waals surface area contributed by atoms with E-state index in [4.69, 9.17) is 5.73 Å². The third-order valence-electron chi connectivity index (χ3n) is 2.67. The normalized spacial score (nSPS) is 16.2. The summed E-state index contributed by atoms with van der Waals surface area (Å²) < 4.78 is 13.1. The molecule has 1 saturated carbocycles. The van der Waals surface area contributed by atoms with Crippen molar-refractivity contribution in [2.75, 3.05) is 12.8 Å². The largest absolute Gasteiger partial charge is 0.396 e. The van der Waals surface area contributed by atoms with E-state index in [0.29, 0.717) is 6.04 Å². The van der Waals surface area contributed by atoms with Crippen molar-refractivity contribution in [1.82, 2.24) is 4.90 Å². The average molecular weight is 194 g/mol. The van der Waals surface area contributed by atoms with E-state index in [1.165, 1.54) is 18.9 Å². The van der Waals surface area contributed by atoms with Crippen LogP contribution in [0.4, 0.5) is 10.1 Å². The second-order valence-electron chi connectivity index (χ2n) is 4.00. The second kappa shape index (κ2) is 3.58. The van der Waals surface area contributed by atoms with Crippen molar-refractivity contribution in [3.8, 4) is 0 Å². The number of halogens is 1. The van der Waals surface area contributed by atoms with Gasteiger partial charge in [0.25, 0.3) is 0 Å². The molecule has 1 aromatic rings. The molecule has 1 aliphatic carbocycles. The molecule has 2 N–H and O–H groups in total. The van der Waals surface area contributed by atoms with Crippen LogP contribution < -0.4 is 5.73 Å². The molecule has 0 bridgehead atoms. The Kier molecular flexibility index (Phi) is 2.42. The van der Waals surface area contributed by atoms with Crippen LogP contribution in [0, 0.1) is 5.82 Å². The van der Waals surface area contributed by atoms with E-state index < -0.39 is 0 Å². The fraction of sp³-hybridized carbons (Fsp3) is 0.455. The third-order valence-corrected chi connectivity index (χ3v) is 2.67. The number of anilines is 1. The number of hydrogen-bond donors (Lipinski definition) is 1. The lowest BCUT2D eigenvalue weighted by molar-refractivity contribution is 0.316. The van der Waals surface area contributed by atoms with Crippen LogP contribution in [0.1, 0.15) is 18.4 Å². The molecule has 1 fully saturated rings. The van der Waals surface area contributed by atoms with Gasteiger partial charge >= 0.3 is 0 Å². The minimum Gasteiger partial charge on any atom is -0.396 e. The molecule has 2 rings (SSSR count). The maximum Gasteiger partial charge on any atom is 0.146 e. The van der Waals surface area contributed by atoms with Crippen LogP contribution in [0.3, 0.4) is 0 Å². The van der Waals surface area contributed by atoms with Crippen molar-refractivity contribution >= 4 is 5.69 Å². The smallest absolute Gasteiger partial charge is 0.146 e. The summed E-state index contributed by atoms with van der Waals surface area (Å²) in [6.45, 7) is 0.807. The number of hydrogen-bond acceptors (Lipinski definition) is 2. The summed E-state index contributed by atoms with van der Waals surface area (Å²) in [7, 11) is 2.08. The first kappa shape index (κ1) is 9.46. The van der Waals surface area contributed by atoms with Gasteiger partial charge in [-0.15, -0.1) is 0 Å². The molecule has 2 nitrogen and oxygen atoms in total. The maximum atomic E-state index is 13.1. The first-order chi connectivity index (χ1) is 6.66. The lowest BCUT2D eigenvalue weighted by atomic mass is 10.2. The zero-order chi connectivity index (χ0) is 10.1. The van der Waals surface area contributed by atoms with Gasteiger partial charge in [-0.3, -0.25) is 4.90 Å². The molecule has 0 radical (unpaired) electrons. The van der Waals surface area contributed by atoms with Gasteiger partial charge in [-0.05, 0) is 37.6 Å². The molecule has 1 aliphatic rings. The molecule has 0 heterocycles. The molecule has 0 spiro atoms. The Morgan fingerprint density at radius 1 is 1.50 bits per heavy atom. The number of benzene rings is 1. The van der Waals surface area contributed by atoms with E-state index in [1.54, 1.807) is 6.07 Å². The molecule has 1 aromatic carbocycles. The first-order valence-corrected chi connectivity index (χ1v) is 4.91. The Balaban J connectivity index is 2.04. The van der Waals surface area contributed by atoms with E-state index in [-0.39, 0.29) is 11.5 Å². The number of rotatable bonds is 3. The zero-order valence-corrected chi connectivity index (χ0v) is 8.33. The molecule has 3 heteroatoms. The summed E-state index contributed by atoms with van der Waals surface area (Å²) in [5.74, 6) is -0.313. The van der Waals surface area contributed by atoms with Crippen LogP contribution >= 0.6 is 0 Å². The Hall–Kier alpha value is -1.09. The maximum absolute atomic E-state index is 13.1. The van der Waals surface area contributed by atoms with Crippen LogP contribution in [-0.2, 0) is 6.54 Å². The lowest BCUT2D eigenvalue weighted by Gasteiger charge is -2.15. The lowest BCUT2D eigenvalue weighted by Crippen LogP contribution is -2.19. The van der Waals surface area contributed by atoms with Gasteiger partial charge in [0.1, 0.15) is 5.82 Å². The summed E-state index contributed by atoms with van der Waals surface area (Å²) in [6, 6.07) is 5.74. The van der Waals surface area contributed by atoms with Crippen LogP contribution in [-0.4, -0.2) is 18.0 Å². The Bertz CT molecular complexity index is 334. The number of nitrogens with two attached hydrogens (primary N) is 1. The summed E-state index contributed by atoms with van der Waals surface area (Å²) in [6.07, 6.45) is 2.54. The van der Waals surface area contributed by atoms with Gasteiger partial charge in [0.15, 0.2) is 0 Å². The summed E-state index contributed by atoms with van der Waals surface area (Å²) in [4.78, 5) is 2.25. The van der Waals surface area contributed by atoms with Crippen molar-refractivity contribution in [3.05, 3.63) is 29.6 Å². The molecule has 0 amide bonds. The van der Waals surface area contributed by atoms with E-state index in [1.807, 2.05) is 6.07 Å². The highest BCUT2D eigenvalue weighted by molar-refractivity contribution is 5.41. The van der Waals surface area contributed by atoms with Gasteiger partial charge in [-0.25, -0.2) is 4.39 Å². The molecule has 0 unspecified atom stereocenters. The van der Waals surface area contributed by atoms with Crippen molar-refractivity contribution < 1.29 is 4.39 Å². The molecule has 0 atom stereocenters. The minimum atomic E-state index is -0.313. The molecule has 0 aliphatic heterocycles. The zero-order valence-electron chi connectivity index (χ0n) is 8.33. The van der Waals surface area contributed by atoms with Crippen LogP contribution in [0.2, 0.25) is 0 Å². The topological polar surface area (TPSA) is 29.3 Å². The van der Waals surface area contributed by atoms with Crippen LogP contribution in [0.15, 0.2) is 18.2 Å². The number of nitrogens with zero attached hydrogens (tertiary/aromatic N) is 1. The summed E-state index contributed by atoms with van der Waals surface area (Å²) in [5.41, 5.74) is 6.62. The molecule has 0 saturated heterocycles. The van der Waals surface area contributed by atoms with E-state index >= 15 is 0 Å². The van der Waals surface area contributed by atoms with Gasteiger partial charge < -0.3 is 5.73 Å². The molecule has 0 aromatic heterocycles. The van der Waals surface area contributed by atoms with Gasteiger partial charge in [0.2, 0.25) is 0 Å². The Morgan fingerprint density at radius 2 is 2.21 bits per heavy atom. The predicted molar refractivity (Wildman–Crippen MR) is 55.3 cm³/mol. The Morgan fingerprint density at radius 3 is 2.79 bits per heavy atom. The molecule has 14 heavy (non-hydrogen) atoms. The fourth-order valence-corrected chi connectivity index (χ4v) is 1.60. The quantitative estimate of drug-likeness (QED) is 0.746. The SMILES string of the molecule is CN(Cc1ccc(N)c(F)c1)C1CC1. The van der Waals surface area contributed by atoms with E-state index in [9.17, 15) is 4.39 Å². The first-order valence-electron chi connectivity index (χ1n) is 4.91. The Labute approximate surface area is 83.5 Å². The van der Waals surface area contributed by atoms with Gasteiger partial charge in [-0.2, -0.15) is 0 Å². The van der Waals surface area contributed by atoms with Gasteiger partial charge in [0.05, 0.1) is 5.69 Å². The predicted octanol–water partition coefficient (Wildman–Crippen LogP) is 2.00. The fourth-order valence-electron chi connectivity index (χ4n) is 1.60. The molecule has 76 valence electrons. The van der Waals surface area contributed by atoms with Crippen molar-refractivity contribution in [3.63, 3.8) is 0 Å². The highest BCUT2D eigenvalue weighted by Crippen LogP contribution is 2.26.